The minimum atomic E-state index is -1.10. The first-order valence-corrected chi connectivity index (χ1v) is 10.3. The van der Waals surface area contributed by atoms with Gasteiger partial charge in [0.2, 0.25) is 5.91 Å². The molecular formula is C25H29FKN4O3-. The number of alkyl halides is 1. The molecule has 4 rings (SSSR count). The molecule has 176 valence electrons. The van der Waals surface area contributed by atoms with Crippen LogP contribution in [0.4, 0.5) is 21.6 Å². The molecule has 9 heteroatoms. The van der Waals surface area contributed by atoms with Crippen molar-refractivity contribution in [1.29, 1.82) is 5.41 Å². The third kappa shape index (κ3) is 7.05. The van der Waals surface area contributed by atoms with Crippen molar-refractivity contribution in [3.05, 3.63) is 62.2 Å². The number of rotatable bonds is 8. The maximum atomic E-state index is 13.2. The number of halogens is 1. The van der Waals surface area contributed by atoms with Crippen LogP contribution in [-0.2, 0) is 4.79 Å². The second kappa shape index (κ2) is 13.2. The number of amides is 1. The van der Waals surface area contributed by atoms with Crippen LogP contribution in [0.2, 0.25) is 0 Å². The summed E-state index contributed by atoms with van der Waals surface area (Å²) in [6, 6.07) is 6.93. The largest absolute Gasteiger partial charge is 1.00 e. The predicted octanol–water partition coefficient (Wildman–Crippen LogP) is 2.17. The molecule has 7 nitrogen and oxygen atoms in total. The summed E-state index contributed by atoms with van der Waals surface area (Å²) in [6.07, 6.45) is 2.26. The predicted molar refractivity (Wildman–Crippen MR) is 128 cm³/mol. The number of pyridine rings is 1. The first-order chi connectivity index (χ1) is 15.4. The van der Waals surface area contributed by atoms with Crippen LogP contribution in [0, 0.1) is 31.3 Å². The number of nitrogens with zero attached hydrogens (tertiary/aromatic N) is 1. The van der Waals surface area contributed by atoms with Gasteiger partial charge in [0, 0.05) is 29.5 Å². The summed E-state index contributed by atoms with van der Waals surface area (Å²) in [5, 5.41) is 13.8. The molecule has 0 aliphatic heterocycles. The van der Waals surface area contributed by atoms with E-state index < -0.39 is 18.0 Å². The maximum Gasteiger partial charge on any atom is 1.00 e. The summed E-state index contributed by atoms with van der Waals surface area (Å²) in [5.74, 6) is -0.344. The maximum absolute atomic E-state index is 13.2. The molecule has 0 radical (unpaired) electrons. The van der Waals surface area contributed by atoms with Crippen molar-refractivity contribution < 1.29 is 70.1 Å². The van der Waals surface area contributed by atoms with Crippen LogP contribution in [-0.4, -0.2) is 35.7 Å². The van der Waals surface area contributed by atoms with Crippen molar-refractivity contribution in [2.45, 2.75) is 32.4 Å². The molecule has 2 aromatic rings. The molecule has 0 spiro atoms. The number of ketones is 1. The Bertz CT molecular complexity index is 1060. The smallest absolute Gasteiger partial charge is 0.521 e. The number of carbonyl (C=O) groups excluding carboxylic acids is 2. The third-order valence-electron chi connectivity index (χ3n) is 5.31. The van der Waals surface area contributed by atoms with Gasteiger partial charge >= 0.3 is 51.4 Å². The monoisotopic (exact) mass is 491 g/mol. The number of methoxy groups -OCH3 is 1. The molecule has 2 atom stereocenters. The number of anilines is 3. The van der Waals surface area contributed by atoms with E-state index in [2.05, 4.69) is 28.8 Å². The van der Waals surface area contributed by atoms with Crippen LogP contribution in [0.25, 0.3) is 0 Å². The van der Waals surface area contributed by atoms with Crippen LogP contribution in [0.5, 0.6) is 5.75 Å². The van der Waals surface area contributed by atoms with E-state index in [9.17, 15) is 14.0 Å². The van der Waals surface area contributed by atoms with Gasteiger partial charge in [-0.05, 0) is 38.3 Å². The molecule has 2 saturated carbocycles. The zero-order valence-electron chi connectivity index (χ0n) is 20.1. The zero-order valence-corrected chi connectivity index (χ0v) is 23.2. The summed E-state index contributed by atoms with van der Waals surface area (Å²) in [5.41, 5.74) is 2.45. The Morgan fingerprint density at radius 2 is 1.88 bits per heavy atom. The molecule has 1 heterocycles. The normalized spacial score (nSPS) is 17.5. The van der Waals surface area contributed by atoms with Gasteiger partial charge in [-0.25, -0.2) is 9.37 Å². The van der Waals surface area contributed by atoms with Gasteiger partial charge in [-0.3, -0.25) is 16.2 Å². The van der Waals surface area contributed by atoms with E-state index in [-0.39, 0.29) is 82.8 Å². The first kappa shape index (κ1) is 30.1. The Kier molecular flexibility index (Phi) is 11.7. The molecule has 0 bridgehead atoms. The van der Waals surface area contributed by atoms with E-state index in [1.807, 2.05) is 0 Å². The molecule has 2 fully saturated rings. The number of benzene rings is 1. The molecule has 2 unspecified atom stereocenters. The van der Waals surface area contributed by atoms with Crippen LogP contribution >= 0.6 is 0 Å². The molecule has 1 aromatic carbocycles. The van der Waals surface area contributed by atoms with Crippen molar-refractivity contribution in [1.82, 2.24) is 4.98 Å². The number of ether oxygens (including phenoxy) is 1. The Labute approximate surface area is 242 Å². The Balaban J connectivity index is 0.00000141. The van der Waals surface area contributed by atoms with E-state index >= 15 is 0 Å². The number of carbonyl (C=O) groups is 2. The minimum Gasteiger partial charge on any atom is -0.521 e. The second-order valence-corrected chi connectivity index (χ2v) is 7.74. The number of nitrogens with one attached hydrogen (secondary N) is 3. The van der Waals surface area contributed by atoms with Crippen molar-refractivity contribution in [3.8, 4) is 5.75 Å². The zero-order chi connectivity index (χ0) is 23.4. The summed E-state index contributed by atoms with van der Waals surface area (Å²) in [4.78, 5) is 29.0. The van der Waals surface area contributed by atoms with Gasteiger partial charge < -0.3 is 34.8 Å². The number of aromatic nitrogens is 1. The van der Waals surface area contributed by atoms with Gasteiger partial charge in [0.05, 0.1) is 30.0 Å². The van der Waals surface area contributed by atoms with E-state index in [0.717, 1.165) is 12.8 Å². The van der Waals surface area contributed by atoms with Crippen molar-refractivity contribution in [2.75, 3.05) is 17.7 Å². The topological polar surface area (TPSA) is 104 Å². The number of hydrogen-bond acceptors (Lipinski definition) is 6. The van der Waals surface area contributed by atoms with Crippen LogP contribution in [0.1, 0.15) is 42.1 Å². The fourth-order valence-electron chi connectivity index (χ4n) is 3.34. The molecule has 34 heavy (non-hydrogen) atoms. The van der Waals surface area contributed by atoms with Crippen LogP contribution in [0.15, 0.2) is 37.0 Å². The molecule has 1 aromatic heterocycles. The van der Waals surface area contributed by atoms with Gasteiger partial charge in [-0.1, -0.05) is 6.07 Å². The van der Waals surface area contributed by atoms with Crippen molar-refractivity contribution in [3.63, 3.8) is 0 Å². The van der Waals surface area contributed by atoms with E-state index in [4.69, 9.17) is 10.1 Å². The second-order valence-electron chi connectivity index (χ2n) is 7.74. The molecule has 2 aliphatic rings. The number of hydrogen-bond donors (Lipinski definition) is 3. The number of para-hydroxylation sites is 1. The van der Waals surface area contributed by atoms with E-state index in [0.29, 0.717) is 34.0 Å². The third-order valence-corrected chi connectivity index (χ3v) is 5.31. The summed E-state index contributed by atoms with van der Waals surface area (Å²) in [7, 11) is 1.52. The summed E-state index contributed by atoms with van der Waals surface area (Å²) < 4.78 is 18.7. The van der Waals surface area contributed by atoms with Gasteiger partial charge in [-0.15, -0.1) is 0 Å². The average Bonchev–Trinajstić information content (AvgIpc) is 3.71. The average molecular weight is 492 g/mol. The first-order valence-electron chi connectivity index (χ1n) is 10.3. The molecule has 1 amide bonds. The molecule has 2 aliphatic carbocycles. The van der Waals surface area contributed by atoms with E-state index in [1.54, 1.807) is 31.2 Å². The van der Waals surface area contributed by atoms with Gasteiger partial charge in [-0.2, -0.15) is 0 Å². The summed E-state index contributed by atoms with van der Waals surface area (Å²) in [6.45, 7) is 8.67. The Hall–Kier alpha value is -1.91. The quantitative estimate of drug-likeness (QED) is 0.227. The Morgan fingerprint density at radius 3 is 2.41 bits per heavy atom. The number of Topliss-reactive ketones (excluding diaryl/α,β-unsaturated/α-hetero) is 1. The fraction of sp³-hybridized carbons (Fsp3) is 0.320. The van der Waals surface area contributed by atoms with Gasteiger partial charge in [0.15, 0.2) is 11.5 Å². The fourth-order valence-corrected chi connectivity index (χ4v) is 3.34. The SMILES string of the molecule is COc1c(Nc2cc(NC(=O)C3CC3F)ncc2C(=O)C2CC2)cccc1C(C)=N.[CH-]=C.[CH3-].[K+]. The van der Waals surface area contributed by atoms with Crippen LogP contribution < -0.4 is 66.8 Å². The van der Waals surface area contributed by atoms with Crippen molar-refractivity contribution >= 4 is 34.6 Å². The minimum absolute atomic E-state index is 0. The summed E-state index contributed by atoms with van der Waals surface area (Å²) >= 11 is 0. The Morgan fingerprint density at radius 1 is 1.24 bits per heavy atom. The van der Waals surface area contributed by atoms with Crippen LogP contribution in [0.3, 0.4) is 0 Å². The van der Waals surface area contributed by atoms with E-state index in [1.165, 1.54) is 13.3 Å². The molecule has 0 saturated heterocycles. The van der Waals surface area contributed by atoms with Crippen molar-refractivity contribution in [2.24, 2.45) is 11.8 Å². The standard InChI is InChI=1S/C22H23FN4O3.C2H3.CH3.K/c1-11(24)13-4-3-5-17(21(13)30-2)26-18-9-19(27-22(29)14-8-16(14)23)25-10-15(18)20(28)12-6-7-12;1-2;;/h3-5,9-10,12,14,16,24H,6-8H2,1-2H3,(H2,25,26,27,29);1H,2H2;1H3;/q;2*-1;+1. The molecule has 3 N–H and O–H groups in total. The molecular weight excluding hydrogens is 462 g/mol. The van der Waals surface area contributed by atoms with Gasteiger partial charge in [0.25, 0.3) is 0 Å². The van der Waals surface area contributed by atoms with Gasteiger partial charge in [0.1, 0.15) is 12.0 Å².